The molecule has 150 valence electrons. The van der Waals surface area contributed by atoms with E-state index in [-0.39, 0.29) is 34.7 Å². The highest BCUT2D eigenvalue weighted by atomic mass is 35.5. The van der Waals surface area contributed by atoms with Crippen LogP contribution in [0.1, 0.15) is 12.5 Å². The minimum absolute atomic E-state index is 0.0683. The third-order valence-electron chi connectivity index (χ3n) is 3.45. The van der Waals surface area contributed by atoms with E-state index in [4.69, 9.17) is 32.7 Å². The van der Waals surface area contributed by atoms with Crippen LogP contribution in [-0.4, -0.2) is 55.6 Å². The molecule has 1 aliphatic rings. The summed E-state index contributed by atoms with van der Waals surface area (Å²) in [5.41, 5.74) is 0.322. The molecule has 0 spiro atoms. The minimum Gasteiger partial charge on any atom is -0.479 e. The molecule has 2 rings (SSSR count). The van der Waals surface area contributed by atoms with Crippen LogP contribution in [0.25, 0.3) is 6.08 Å². The highest BCUT2D eigenvalue weighted by molar-refractivity contribution is 6.37. The van der Waals surface area contributed by atoms with E-state index in [1.165, 1.54) is 18.2 Å². The number of rotatable bonds is 7. The predicted molar refractivity (Wildman–Crippen MR) is 98.8 cm³/mol. The average Bonchev–Trinajstić information content (AvgIpc) is 2.88. The van der Waals surface area contributed by atoms with Gasteiger partial charge in [0, 0.05) is 0 Å². The van der Waals surface area contributed by atoms with E-state index >= 15 is 0 Å². The molecule has 28 heavy (non-hydrogen) atoms. The van der Waals surface area contributed by atoms with E-state index in [1.54, 1.807) is 6.92 Å². The minimum atomic E-state index is -0.756. The normalized spacial score (nSPS) is 14.9. The molecule has 1 heterocycles. The van der Waals surface area contributed by atoms with Crippen molar-refractivity contribution in [2.75, 3.05) is 26.9 Å². The van der Waals surface area contributed by atoms with Crippen LogP contribution in [0.3, 0.4) is 0 Å². The summed E-state index contributed by atoms with van der Waals surface area (Å²) >= 11 is 12.3. The first kappa shape index (κ1) is 21.5. The predicted octanol–water partition coefficient (Wildman–Crippen LogP) is 2.00. The smallest absolute Gasteiger partial charge is 0.344 e. The molecule has 0 atom stereocenters. The van der Waals surface area contributed by atoms with Crippen LogP contribution in [0.5, 0.6) is 5.75 Å². The van der Waals surface area contributed by atoms with Gasteiger partial charge in [0.2, 0.25) is 0 Å². The van der Waals surface area contributed by atoms with Crippen molar-refractivity contribution >= 4 is 53.2 Å². The quantitative estimate of drug-likeness (QED) is 0.399. The first-order valence-corrected chi connectivity index (χ1v) is 8.71. The maximum atomic E-state index is 12.3. The number of methoxy groups -OCH3 is 1. The average molecular weight is 431 g/mol. The largest absolute Gasteiger partial charge is 0.479 e. The van der Waals surface area contributed by atoms with E-state index in [0.717, 1.165) is 7.11 Å². The molecule has 0 saturated carbocycles. The first-order chi connectivity index (χ1) is 13.3. The molecule has 1 saturated heterocycles. The summed E-state index contributed by atoms with van der Waals surface area (Å²) in [4.78, 5) is 47.5. The lowest BCUT2D eigenvalue weighted by molar-refractivity contribution is -0.145. The molecule has 0 radical (unpaired) electrons. The fourth-order valence-corrected chi connectivity index (χ4v) is 2.82. The summed E-state index contributed by atoms with van der Waals surface area (Å²) in [5.74, 6) is -1.94. The Bertz CT molecular complexity index is 831. The van der Waals surface area contributed by atoms with Gasteiger partial charge in [0.1, 0.15) is 12.2 Å². The Hall–Kier alpha value is -2.78. The third-order valence-corrected chi connectivity index (χ3v) is 4.01. The SMILES string of the molecule is CCOC(=O)COc1c(Cl)cc(C=C2NC(=O)N(CC(=O)OC)C2=O)cc1Cl. The lowest BCUT2D eigenvalue weighted by Gasteiger charge is -2.10. The van der Waals surface area contributed by atoms with Crippen molar-refractivity contribution in [3.05, 3.63) is 33.4 Å². The zero-order valence-corrected chi connectivity index (χ0v) is 16.4. The number of hydrogen-bond donors (Lipinski definition) is 1. The number of hydrogen-bond acceptors (Lipinski definition) is 7. The van der Waals surface area contributed by atoms with Crippen molar-refractivity contribution in [1.29, 1.82) is 0 Å². The van der Waals surface area contributed by atoms with Gasteiger partial charge < -0.3 is 19.5 Å². The number of esters is 2. The number of halogens is 2. The number of carbonyl (C=O) groups is 4. The summed E-state index contributed by atoms with van der Waals surface area (Å²) in [5, 5.41) is 2.53. The molecule has 0 bridgehead atoms. The third kappa shape index (κ3) is 5.14. The zero-order valence-electron chi connectivity index (χ0n) is 14.9. The summed E-state index contributed by atoms with van der Waals surface area (Å²) in [7, 11) is 1.15. The molecule has 3 amide bonds. The summed E-state index contributed by atoms with van der Waals surface area (Å²) in [6.07, 6.45) is 1.34. The Kier molecular flexibility index (Phi) is 7.24. The monoisotopic (exact) mass is 430 g/mol. The second-order valence-electron chi connectivity index (χ2n) is 5.36. The molecule has 1 aliphatic heterocycles. The van der Waals surface area contributed by atoms with Crippen molar-refractivity contribution in [2.45, 2.75) is 6.92 Å². The lowest BCUT2D eigenvalue weighted by atomic mass is 10.1. The van der Waals surface area contributed by atoms with Crippen LogP contribution in [0, 0.1) is 0 Å². The number of benzene rings is 1. The molecule has 9 nitrogen and oxygen atoms in total. The molecule has 1 aromatic carbocycles. The van der Waals surface area contributed by atoms with Crippen LogP contribution in [0.2, 0.25) is 10.0 Å². The van der Waals surface area contributed by atoms with Crippen LogP contribution in [0.15, 0.2) is 17.8 Å². The van der Waals surface area contributed by atoms with Gasteiger partial charge in [0.05, 0.1) is 23.8 Å². The summed E-state index contributed by atoms with van der Waals surface area (Å²) in [6, 6.07) is 2.11. The van der Waals surface area contributed by atoms with Gasteiger partial charge in [-0.1, -0.05) is 23.2 Å². The van der Waals surface area contributed by atoms with Crippen molar-refractivity contribution < 1.29 is 33.4 Å². The van der Waals surface area contributed by atoms with Crippen LogP contribution < -0.4 is 10.1 Å². The highest BCUT2D eigenvalue weighted by Crippen LogP contribution is 2.35. The lowest BCUT2D eigenvalue weighted by Crippen LogP contribution is -2.36. The Morgan fingerprint density at radius 2 is 1.82 bits per heavy atom. The second-order valence-corrected chi connectivity index (χ2v) is 6.18. The topological polar surface area (TPSA) is 111 Å². The zero-order chi connectivity index (χ0) is 20.8. The summed E-state index contributed by atoms with van der Waals surface area (Å²) < 4.78 is 14.5. The molecular formula is C17H16Cl2N2O7. The number of ether oxygens (including phenoxy) is 3. The highest BCUT2D eigenvalue weighted by Gasteiger charge is 2.35. The first-order valence-electron chi connectivity index (χ1n) is 7.95. The standard InChI is InChI=1S/C17H16Cl2N2O7/c1-3-27-14(23)8-28-15-10(18)4-9(5-11(15)19)6-12-16(24)21(17(25)20-12)7-13(22)26-2/h4-6H,3,7-8H2,1-2H3,(H,20,25). The van der Waals surface area contributed by atoms with Gasteiger partial charge in [-0.2, -0.15) is 0 Å². The maximum Gasteiger partial charge on any atom is 0.344 e. The molecule has 1 N–H and O–H groups in total. The second kappa shape index (κ2) is 9.43. The van der Waals surface area contributed by atoms with E-state index in [0.29, 0.717) is 10.5 Å². The van der Waals surface area contributed by atoms with Crippen LogP contribution >= 0.6 is 23.2 Å². The Morgan fingerprint density at radius 1 is 1.18 bits per heavy atom. The van der Waals surface area contributed by atoms with Gasteiger partial charge in [-0.15, -0.1) is 0 Å². The van der Waals surface area contributed by atoms with Crippen molar-refractivity contribution in [3.8, 4) is 5.75 Å². The number of carbonyl (C=O) groups excluding carboxylic acids is 4. The number of urea groups is 1. The number of nitrogens with zero attached hydrogens (tertiary/aromatic N) is 1. The Morgan fingerprint density at radius 3 is 2.39 bits per heavy atom. The van der Waals surface area contributed by atoms with Gasteiger partial charge in [0.25, 0.3) is 5.91 Å². The van der Waals surface area contributed by atoms with E-state index in [1.807, 2.05) is 0 Å². The fourth-order valence-electron chi connectivity index (χ4n) is 2.21. The van der Waals surface area contributed by atoms with Gasteiger partial charge in [-0.3, -0.25) is 9.59 Å². The summed E-state index contributed by atoms with van der Waals surface area (Å²) in [6.45, 7) is 0.990. The molecular weight excluding hydrogens is 415 g/mol. The van der Waals surface area contributed by atoms with Crippen LogP contribution in [0.4, 0.5) is 4.79 Å². The Balaban J connectivity index is 2.18. The molecule has 0 aliphatic carbocycles. The van der Waals surface area contributed by atoms with Gasteiger partial charge in [-0.25, -0.2) is 14.5 Å². The molecule has 1 fully saturated rings. The number of imide groups is 1. The maximum absolute atomic E-state index is 12.3. The number of amides is 3. The molecule has 0 unspecified atom stereocenters. The molecule has 1 aromatic rings. The van der Waals surface area contributed by atoms with Crippen molar-refractivity contribution in [3.63, 3.8) is 0 Å². The van der Waals surface area contributed by atoms with Crippen LogP contribution in [-0.2, 0) is 23.9 Å². The number of nitrogens with one attached hydrogen (secondary N) is 1. The van der Waals surface area contributed by atoms with Gasteiger partial charge in [-0.05, 0) is 30.7 Å². The molecule has 11 heteroatoms. The van der Waals surface area contributed by atoms with Gasteiger partial charge in [0.15, 0.2) is 12.4 Å². The van der Waals surface area contributed by atoms with Gasteiger partial charge >= 0.3 is 18.0 Å². The van der Waals surface area contributed by atoms with E-state index in [2.05, 4.69) is 10.1 Å². The Labute approximate surface area is 170 Å². The van der Waals surface area contributed by atoms with E-state index < -0.39 is 30.4 Å². The molecule has 0 aromatic heterocycles. The van der Waals surface area contributed by atoms with Crippen molar-refractivity contribution in [1.82, 2.24) is 10.2 Å². The van der Waals surface area contributed by atoms with Crippen molar-refractivity contribution in [2.24, 2.45) is 0 Å². The fraction of sp³-hybridized carbons (Fsp3) is 0.294. The van der Waals surface area contributed by atoms with E-state index in [9.17, 15) is 19.2 Å².